The number of anilines is 1. The summed E-state index contributed by atoms with van der Waals surface area (Å²) in [5, 5.41) is 14.5. The molecule has 1 atom stereocenters. The van der Waals surface area contributed by atoms with Crippen LogP contribution in [0.5, 0.6) is 11.5 Å². The van der Waals surface area contributed by atoms with Gasteiger partial charge in [-0.05, 0) is 44.3 Å². The van der Waals surface area contributed by atoms with E-state index in [-0.39, 0.29) is 22.3 Å². The van der Waals surface area contributed by atoms with Crippen molar-refractivity contribution in [3.05, 3.63) is 52.1 Å². The highest BCUT2D eigenvalue weighted by Gasteiger charge is 2.22. The second-order valence-corrected chi connectivity index (χ2v) is 7.50. The van der Waals surface area contributed by atoms with Gasteiger partial charge in [0.05, 0.1) is 30.1 Å². The van der Waals surface area contributed by atoms with Crippen LogP contribution < -0.4 is 19.5 Å². The van der Waals surface area contributed by atoms with Gasteiger partial charge in [0.1, 0.15) is 17.2 Å². The molecule has 0 spiro atoms. The average Bonchev–Trinajstić information content (AvgIpc) is 2.67. The van der Waals surface area contributed by atoms with Crippen molar-refractivity contribution in [2.75, 3.05) is 26.6 Å². The Bertz CT molecular complexity index is 946. The Hall–Kier alpha value is -2.85. The van der Waals surface area contributed by atoms with E-state index in [2.05, 4.69) is 10.0 Å². The summed E-state index contributed by atoms with van der Waals surface area (Å²) in [6, 6.07) is 8.56. The van der Waals surface area contributed by atoms with Crippen LogP contribution in [0.4, 0.5) is 11.4 Å². The monoisotopic (exact) mass is 395 g/mol. The number of nitrogens with zero attached hydrogens (tertiary/aromatic N) is 1. The van der Waals surface area contributed by atoms with Crippen LogP contribution in [0.2, 0.25) is 0 Å². The lowest BCUT2D eigenvalue weighted by Crippen LogP contribution is -2.19. The van der Waals surface area contributed by atoms with E-state index in [0.717, 1.165) is 11.6 Å². The minimum absolute atomic E-state index is 0.186. The molecule has 2 aromatic carbocycles. The Balaban J connectivity index is 2.44. The second kappa shape index (κ2) is 8.23. The summed E-state index contributed by atoms with van der Waals surface area (Å²) >= 11 is 0. The number of benzene rings is 2. The van der Waals surface area contributed by atoms with Crippen LogP contribution in [-0.4, -0.2) is 34.6 Å². The fraction of sp³-hybridized carbons (Fsp3) is 0.294. The van der Waals surface area contributed by atoms with Gasteiger partial charge < -0.3 is 14.8 Å². The molecule has 0 unspecified atom stereocenters. The topological polar surface area (TPSA) is 120 Å². The van der Waals surface area contributed by atoms with E-state index in [0.29, 0.717) is 11.5 Å². The molecule has 2 aromatic rings. The van der Waals surface area contributed by atoms with E-state index in [9.17, 15) is 18.5 Å². The molecule has 0 heterocycles. The smallest absolute Gasteiger partial charge is 0.293 e. The summed E-state index contributed by atoms with van der Waals surface area (Å²) in [6.45, 7) is 1.80. The predicted molar refractivity (Wildman–Crippen MR) is 101 cm³/mol. The molecule has 146 valence electrons. The molecule has 0 amide bonds. The third-order valence-corrected chi connectivity index (χ3v) is 5.43. The Morgan fingerprint density at radius 1 is 1.11 bits per heavy atom. The Kier molecular flexibility index (Phi) is 6.24. The average molecular weight is 395 g/mol. The second-order valence-electron chi connectivity index (χ2n) is 5.62. The molecule has 0 radical (unpaired) electrons. The van der Waals surface area contributed by atoms with Crippen molar-refractivity contribution in [1.29, 1.82) is 0 Å². The van der Waals surface area contributed by atoms with E-state index in [1.807, 2.05) is 0 Å². The molecular formula is C17H21N3O6S. The lowest BCUT2D eigenvalue weighted by molar-refractivity contribution is -0.384. The molecule has 0 fully saturated rings. The third-order valence-electron chi connectivity index (χ3n) is 4.02. The molecule has 0 bridgehead atoms. The molecule has 0 aliphatic carbocycles. The maximum absolute atomic E-state index is 11.9. The van der Waals surface area contributed by atoms with Gasteiger partial charge in [-0.15, -0.1) is 0 Å². The van der Waals surface area contributed by atoms with Crippen molar-refractivity contribution >= 4 is 21.4 Å². The highest BCUT2D eigenvalue weighted by Crippen LogP contribution is 2.34. The molecule has 0 saturated carbocycles. The number of nitro benzene ring substituents is 1. The quantitative estimate of drug-likeness (QED) is 0.521. The summed E-state index contributed by atoms with van der Waals surface area (Å²) in [4.78, 5) is 10.6. The van der Waals surface area contributed by atoms with Gasteiger partial charge in [-0.2, -0.15) is 0 Å². The first-order valence-corrected chi connectivity index (χ1v) is 9.42. The standard InChI is InChI=1S/C17H21N3O6S/c1-11(14-9-12(25-3)5-8-17(14)26-4)19-15-7-6-13(27(23,24)18-2)10-16(15)20(21)22/h5-11,18-19H,1-4H3/t11-/m1/s1. The van der Waals surface area contributed by atoms with Crippen molar-refractivity contribution in [3.8, 4) is 11.5 Å². The Morgan fingerprint density at radius 3 is 2.37 bits per heavy atom. The summed E-state index contributed by atoms with van der Waals surface area (Å²) in [6.07, 6.45) is 0. The molecule has 0 saturated heterocycles. The summed E-state index contributed by atoms with van der Waals surface area (Å²) in [5.41, 5.74) is 0.575. The zero-order valence-electron chi connectivity index (χ0n) is 15.3. The van der Waals surface area contributed by atoms with Crippen LogP contribution in [0, 0.1) is 10.1 Å². The molecule has 2 rings (SSSR count). The van der Waals surface area contributed by atoms with Crippen LogP contribution in [0.3, 0.4) is 0 Å². The van der Waals surface area contributed by atoms with E-state index in [4.69, 9.17) is 9.47 Å². The van der Waals surface area contributed by atoms with Gasteiger partial charge in [-0.25, -0.2) is 13.1 Å². The number of ether oxygens (including phenoxy) is 2. The summed E-state index contributed by atoms with van der Waals surface area (Å²) in [5.74, 6) is 1.21. The lowest BCUT2D eigenvalue weighted by atomic mass is 10.1. The highest BCUT2D eigenvalue weighted by atomic mass is 32.2. The fourth-order valence-corrected chi connectivity index (χ4v) is 3.31. The first-order valence-electron chi connectivity index (χ1n) is 7.94. The minimum atomic E-state index is -3.79. The molecule has 0 aliphatic heterocycles. The van der Waals surface area contributed by atoms with Crippen LogP contribution in [-0.2, 0) is 10.0 Å². The van der Waals surface area contributed by atoms with Crippen LogP contribution in [0.15, 0.2) is 41.3 Å². The third kappa shape index (κ3) is 4.47. The number of nitrogens with one attached hydrogen (secondary N) is 2. The van der Waals surface area contributed by atoms with Crippen LogP contribution in [0.1, 0.15) is 18.5 Å². The summed E-state index contributed by atoms with van der Waals surface area (Å²) < 4.78 is 36.5. The van der Waals surface area contributed by atoms with Crippen molar-refractivity contribution in [2.24, 2.45) is 0 Å². The maximum Gasteiger partial charge on any atom is 0.293 e. The van der Waals surface area contributed by atoms with Gasteiger partial charge in [0.25, 0.3) is 5.69 Å². The molecule has 0 aliphatic rings. The van der Waals surface area contributed by atoms with E-state index in [1.54, 1.807) is 25.1 Å². The van der Waals surface area contributed by atoms with Crippen molar-refractivity contribution in [2.45, 2.75) is 17.9 Å². The highest BCUT2D eigenvalue weighted by molar-refractivity contribution is 7.89. The number of sulfonamides is 1. The van der Waals surface area contributed by atoms with Gasteiger partial charge in [-0.1, -0.05) is 0 Å². The fourth-order valence-electron chi connectivity index (χ4n) is 2.56. The number of nitro groups is 1. The van der Waals surface area contributed by atoms with Gasteiger partial charge in [0.15, 0.2) is 0 Å². The number of hydrogen-bond acceptors (Lipinski definition) is 7. The SMILES string of the molecule is CNS(=O)(=O)c1ccc(N[C@H](C)c2cc(OC)ccc2OC)c([N+](=O)[O-])c1. The van der Waals surface area contributed by atoms with Gasteiger partial charge in [0.2, 0.25) is 10.0 Å². The van der Waals surface area contributed by atoms with Crippen LogP contribution in [0.25, 0.3) is 0 Å². The first-order chi connectivity index (χ1) is 12.7. The van der Waals surface area contributed by atoms with Gasteiger partial charge in [-0.3, -0.25) is 10.1 Å². The van der Waals surface area contributed by atoms with E-state index < -0.39 is 14.9 Å². The molecule has 0 aromatic heterocycles. The minimum Gasteiger partial charge on any atom is -0.497 e. The zero-order valence-corrected chi connectivity index (χ0v) is 16.2. The normalized spacial score (nSPS) is 12.3. The molecular weight excluding hydrogens is 374 g/mol. The number of rotatable bonds is 8. The molecule has 27 heavy (non-hydrogen) atoms. The number of methoxy groups -OCH3 is 2. The Labute approximate surface area is 157 Å². The molecule has 10 heteroatoms. The van der Waals surface area contributed by atoms with E-state index >= 15 is 0 Å². The Morgan fingerprint density at radius 2 is 1.81 bits per heavy atom. The van der Waals surface area contributed by atoms with Gasteiger partial charge >= 0.3 is 0 Å². The molecule has 2 N–H and O–H groups in total. The first kappa shape index (κ1) is 20.5. The molecule has 9 nitrogen and oxygen atoms in total. The maximum atomic E-state index is 11.9. The predicted octanol–water partition coefficient (Wildman–Crippen LogP) is 2.69. The van der Waals surface area contributed by atoms with Crippen molar-refractivity contribution in [3.63, 3.8) is 0 Å². The number of hydrogen-bond donors (Lipinski definition) is 2. The lowest BCUT2D eigenvalue weighted by Gasteiger charge is -2.19. The zero-order chi connectivity index (χ0) is 20.2. The van der Waals surface area contributed by atoms with Crippen molar-refractivity contribution < 1.29 is 22.8 Å². The van der Waals surface area contributed by atoms with Crippen molar-refractivity contribution in [1.82, 2.24) is 4.72 Å². The van der Waals surface area contributed by atoms with Gasteiger partial charge in [0, 0.05) is 11.6 Å². The largest absolute Gasteiger partial charge is 0.497 e. The van der Waals surface area contributed by atoms with Crippen LogP contribution >= 0.6 is 0 Å². The summed E-state index contributed by atoms with van der Waals surface area (Å²) in [7, 11) is 0.513. The van der Waals surface area contributed by atoms with E-state index in [1.165, 1.54) is 33.4 Å².